The van der Waals surface area contributed by atoms with Crippen LogP contribution in [0.2, 0.25) is 0 Å². The second-order valence-corrected chi connectivity index (χ2v) is 13.4. The zero-order chi connectivity index (χ0) is 34.6. The van der Waals surface area contributed by atoms with Gasteiger partial charge in [0.1, 0.15) is 11.7 Å². The maximum Gasteiger partial charge on any atom is 0.336 e. The van der Waals surface area contributed by atoms with Crippen molar-refractivity contribution in [1.82, 2.24) is 0 Å². The van der Waals surface area contributed by atoms with Crippen LogP contribution in [0.4, 0.5) is 0 Å². The number of carbonyl (C=O) groups is 2. The summed E-state index contributed by atoms with van der Waals surface area (Å²) < 4.78 is 23.3. The van der Waals surface area contributed by atoms with Crippen molar-refractivity contribution in [3.8, 4) is 5.75 Å². The SMILES string of the molecule is CCCCCCCCCCCCCCCc1cccc(OC)c1C1C(C(=O)OC(C)C)=C(COCCN)N=C(C)C1C(=O)OC(C)C. The summed E-state index contributed by atoms with van der Waals surface area (Å²) in [5.74, 6) is -1.87. The molecule has 0 saturated heterocycles. The third-order valence-corrected chi connectivity index (χ3v) is 8.62. The number of methoxy groups -OCH3 is 1. The summed E-state index contributed by atoms with van der Waals surface area (Å²) in [6, 6.07) is 5.96. The van der Waals surface area contributed by atoms with Crippen LogP contribution in [0.25, 0.3) is 0 Å². The molecule has 0 bridgehead atoms. The lowest BCUT2D eigenvalue weighted by Gasteiger charge is -2.34. The molecule has 1 aliphatic rings. The molecule has 0 fully saturated rings. The van der Waals surface area contributed by atoms with E-state index < -0.39 is 23.8 Å². The Morgan fingerprint density at radius 1 is 0.851 bits per heavy atom. The molecule has 47 heavy (non-hydrogen) atoms. The van der Waals surface area contributed by atoms with E-state index in [1.165, 1.54) is 70.6 Å². The number of rotatable bonds is 24. The number of benzene rings is 1. The maximum atomic E-state index is 13.9. The van der Waals surface area contributed by atoms with E-state index in [1.807, 2.05) is 46.8 Å². The molecular formula is C39H64N2O6. The van der Waals surface area contributed by atoms with Crippen molar-refractivity contribution < 1.29 is 28.5 Å². The number of esters is 2. The minimum Gasteiger partial charge on any atom is -0.496 e. The number of carbonyl (C=O) groups excluding carboxylic acids is 2. The van der Waals surface area contributed by atoms with E-state index in [0.717, 1.165) is 30.4 Å². The fourth-order valence-electron chi connectivity index (χ4n) is 6.41. The number of nitrogens with two attached hydrogens (primary N) is 1. The normalized spacial score (nSPS) is 16.5. The van der Waals surface area contributed by atoms with Crippen LogP contribution < -0.4 is 10.5 Å². The molecule has 0 radical (unpaired) electrons. The van der Waals surface area contributed by atoms with Crippen molar-refractivity contribution in [2.24, 2.45) is 16.6 Å². The van der Waals surface area contributed by atoms with Gasteiger partial charge in [0.15, 0.2) is 0 Å². The first-order valence-corrected chi connectivity index (χ1v) is 18.3. The van der Waals surface area contributed by atoms with Gasteiger partial charge in [0.2, 0.25) is 0 Å². The van der Waals surface area contributed by atoms with Crippen LogP contribution in [-0.2, 0) is 30.2 Å². The highest BCUT2D eigenvalue weighted by molar-refractivity contribution is 6.07. The largest absolute Gasteiger partial charge is 0.496 e. The van der Waals surface area contributed by atoms with Gasteiger partial charge < -0.3 is 24.7 Å². The lowest BCUT2D eigenvalue weighted by atomic mass is 9.73. The van der Waals surface area contributed by atoms with Crippen molar-refractivity contribution in [2.75, 3.05) is 26.9 Å². The van der Waals surface area contributed by atoms with E-state index in [1.54, 1.807) is 7.11 Å². The average molecular weight is 657 g/mol. The Labute approximate surface area is 285 Å². The minimum atomic E-state index is -0.827. The van der Waals surface area contributed by atoms with Gasteiger partial charge in [0.25, 0.3) is 0 Å². The summed E-state index contributed by atoms with van der Waals surface area (Å²) in [6.07, 6.45) is 16.8. The van der Waals surface area contributed by atoms with Crippen molar-refractivity contribution in [3.05, 3.63) is 40.6 Å². The Hall–Kier alpha value is -2.71. The van der Waals surface area contributed by atoms with Gasteiger partial charge >= 0.3 is 11.9 Å². The fourth-order valence-corrected chi connectivity index (χ4v) is 6.41. The quantitative estimate of drug-likeness (QED) is 0.0876. The zero-order valence-corrected chi connectivity index (χ0v) is 30.5. The van der Waals surface area contributed by atoms with E-state index in [4.69, 9.17) is 29.7 Å². The minimum absolute atomic E-state index is 0.0723. The molecule has 0 saturated carbocycles. The summed E-state index contributed by atoms with van der Waals surface area (Å²) in [5, 5.41) is 0. The van der Waals surface area contributed by atoms with Gasteiger partial charge in [0.05, 0.1) is 43.8 Å². The molecular weight excluding hydrogens is 592 g/mol. The van der Waals surface area contributed by atoms with Gasteiger partial charge in [-0.25, -0.2) is 4.79 Å². The van der Waals surface area contributed by atoms with E-state index in [9.17, 15) is 9.59 Å². The molecule has 1 aromatic carbocycles. The summed E-state index contributed by atoms with van der Waals surface area (Å²) >= 11 is 0. The third kappa shape index (κ3) is 13.7. The topological polar surface area (TPSA) is 109 Å². The lowest BCUT2D eigenvalue weighted by Crippen LogP contribution is -2.39. The Morgan fingerprint density at radius 2 is 1.43 bits per heavy atom. The summed E-state index contributed by atoms with van der Waals surface area (Å²) in [7, 11) is 1.63. The maximum absolute atomic E-state index is 13.9. The second-order valence-electron chi connectivity index (χ2n) is 13.4. The molecule has 266 valence electrons. The van der Waals surface area contributed by atoms with E-state index >= 15 is 0 Å². The molecule has 2 atom stereocenters. The highest BCUT2D eigenvalue weighted by Crippen LogP contribution is 2.45. The van der Waals surface area contributed by atoms with Crippen LogP contribution in [-0.4, -0.2) is 56.7 Å². The molecule has 1 heterocycles. The highest BCUT2D eigenvalue weighted by atomic mass is 16.5. The smallest absolute Gasteiger partial charge is 0.336 e. The monoisotopic (exact) mass is 656 g/mol. The predicted octanol–water partition coefficient (Wildman–Crippen LogP) is 8.64. The van der Waals surface area contributed by atoms with Crippen LogP contribution in [0.5, 0.6) is 5.75 Å². The van der Waals surface area contributed by atoms with Gasteiger partial charge in [-0.1, -0.05) is 96.1 Å². The fraction of sp³-hybridized carbons (Fsp3) is 0.718. The van der Waals surface area contributed by atoms with Gasteiger partial charge in [-0.2, -0.15) is 0 Å². The van der Waals surface area contributed by atoms with Crippen molar-refractivity contribution >= 4 is 17.7 Å². The molecule has 2 rings (SSSR count). The molecule has 0 spiro atoms. The molecule has 1 aromatic rings. The third-order valence-electron chi connectivity index (χ3n) is 8.62. The first-order chi connectivity index (χ1) is 22.7. The summed E-state index contributed by atoms with van der Waals surface area (Å²) in [4.78, 5) is 32.5. The van der Waals surface area contributed by atoms with Crippen LogP contribution in [0.1, 0.15) is 142 Å². The number of hydrogen-bond donors (Lipinski definition) is 1. The lowest BCUT2D eigenvalue weighted by molar-refractivity contribution is -0.150. The first-order valence-electron chi connectivity index (χ1n) is 18.3. The van der Waals surface area contributed by atoms with E-state index in [0.29, 0.717) is 35.9 Å². The van der Waals surface area contributed by atoms with Crippen molar-refractivity contribution in [3.63, 3.8) is 0 Å². The molecule has 2 N–H and O–H groups in total. The van der Waals surface area contributed by atoms with Crippen LogP contribution in [0.15, 0.2) is 34.5 Å². The number of aliphatic imine (C=N–C) groups is 1. The van der Waals surface area contributed by atoms with Crippen LogP contribution in [0.3, 0.4) is 0 Å². The molecule has 2 unspecified atom stereocenters. The molecule has 8 heteroatoms. The summed E-state index contributed by atoms with van der Waals surface area (Å²) in [5.41, 5.74) is 8.86. The molecule has 1 aliphatic heterocycles. The number of nitrogens with zero attached hydrogens (tertiary/aromatic N) is 1. The van der Waals surface area contributed by atoms with Crippen LogP contribution in [0, 0.1) is 5.92 Å². The van der Waals surface area contributed by atoms with Crippen molar-refractivity contribution in [2.45, 2.75) is 150 Å². The van der Waals surface area contributed by atoms with Crippen molar-refractivity contribution in [1.29, 1.82) is 0 Å². The Kier molecular flexibility index (Phi) is 19.6. The van der Waals surface area contributed by atoms with E-state index in [-0.39, 0.29) is 18.8 Å². The van der Waals surface area contributed by atoms with E-state index in [2.05, 4.69) is 13.0 Å². The number of unbranched alkanes of at least 4 members (excludes halogenated alkanes) is 12. The standard InChI is InChI=1S/C39H64N2O6/c1-8-9-10-11-12-13-14-15-16-17-18-19-20-22-31-23-21-24-33(44-7)35(31)37-34(38(42)46-28(2)3)30(6)41-32(27-45-26-25-40)36(37)39(43)47-29(4)5/h21,23-24,28-29,34,37H,8-20,22,25-27,40H2,1-7H3. The molecule has 0 aliphatic carbocycles. The second kappa shape index (κ2) is 22.8. The molecule has 0 amide bonds. The molecule has 0 aromatic heterocycles. The summed E-state index contributed by atoms with van der Waals surface area (Å²) in [6.45, 7) is 12.1. The Balaban J connectivity index is 2.32. The van der Waals surface area contributed by atoms with Gasteiger partial charge in [-0.15, -0.1) is 0 Å². The van der Waals surface area contributed by atoms with Gasteiger partial charge in [-0.3, -0.25) is 9.79 Å². The average Bonchev–Trinajstić information content (AvgIpc) is 3.02. The van der Waals surface area contributed by atoms with Crippen LogP contribution >= 0.6 is 0 Å². The zero-order valence-electron chi connectivity index (χ0n) is 30.5. The first kappa shape index (κ1) is 40.5. The number of ether oxygens (including phenoxy) is 4. The Bertz CT molecular complexity index is 1140. The highest BCUT2D eigenvalue weighted by Gasteiger charge is 2.45. The van der Waals surface area contributed by atoms with Gasteiger partial charge in [0, 0.05) is 23.7 Å². The number of hydrogen-bond acceptors (Lipinski definition) is 8. The number of aryl methyl sites for hydroxylation is 1. The Morgan fingerprint density at radius 3 is 1.96 bits per heavy atom. The molecule has 8 nitrogen and oxygen atoms in total. The predicted molar refractivity (Wildman–Crippen MR) is 191 cm³/mol. The van der Waals surface area contributed by atoms with Gasteiger partial charge in [-0.05, 0) is 59.1 Å².